The zero-order valence-electron chi connectivity index (χ0n) is 13.5. The second-order valence-corrected chi connectivity index (χ2v) is 5.66. The third-order valence-corrected chi connectivity index (χ3v) is 3.87. The van der Waals surface area contributed by atoms with E-state index in [-0.39, 0.29) is 17.9 Å². The van der Waals surface area contributed by atoms with E-state index in [0.717, 1.165) is 12.1 Å². The molecular weight excluding hydrogens is 353 g/mol. The van der Waals surface area contributed by atoms with Gasteiger partial charge in [0.1, 0.15) is 16.7 Å². The molecule has 0 aliphatic rings. The Morgan fingerprint density at radius 1 is 1.44 bits per heavy atom. The lowest BCUT2D eigenvalue weighted by Gasteiger charge is -2.09. The fourth-order valence-corrected chi connectivity index (χ4v) is 2.62. The molecule has 0 N–H and O–H groups in total. The predicted molar refractivity (Wildman–Crippen MR) is 89.0 cm³/mol. The third-order valence-electron chi connectivity index (χ3n) is 3.20. The van der Waals surface area contributed by atoms with E-state index in [0.29, 0.717) is 17.2 Å². The topological polar surface area (TPSA) is 63.2 Å². The summed E-state index contributed by atoms with van der Waals surface area (Å²) >= 11 is 1.26. The summed E-state index contributed by atoms with van der Waals surface area (Å²) in [5.74, 6) is 0.248. The van der Waals surface area contributed by atoms with Crippen molar-refractivity contribution in [3.8, 4) is 6.07 Å². The number of alkyl halides is 3. The maximum atomic E-state index is 12.9. The molecule has 0 radical (unpaired) electrons. The maximum Gasteiger partial charge on any atom is 0.416 e. The van der Waals surface area contributed by atoms with Gasteiger partial charge in [-0.2, -0.15) is 28.5 Å². The highest BCUT2D eigenvalue weighted by Gasteiger charge is 2.30. The number of hydrogen-bond donors (Lipinski definition) is 0. The van der Waals surface area contributed by atoms with Gasteiger partial charge in [0.15, 0.2) is 12.2 Å². The minimum atomic E-state index is -4.42. The number of halogens is 3. The van der Waals surface area contributed by atoms with Crippen LogP contribution in [-0.2, 0) is 17.5 Å². The molecular formula is C16H15F3N4OS. The van der Waals surface area contributed by atoms with E-state index in [9.17, 15) is 18.4 Å². The van der Waals surface area contributed by atoms with Gasteiger partial charge in [0.25, 0.3) is 0 Å². The van der Waals surface area contributed by atoms with Crippen molar-refractivity contribution in [1.82, 2.24) is 9.78 Å². The number of hydrogen-bond acceptors (Lipinski definition) is 5. The summed E-state index contributed by atoms with van der Waals surface area (Å²) in [6.45, 7) is 2.24. The Morgan fingerprint density at radius 3 is 2.80 bits per heavy atom. The fourth-order valence-electron chi connectivity index (χ4n) is 2.09. The summed E-state index contributed by atoms with van der Waals surface area (Å²) in [6, 6.07) is 7.00. The smallest absolute Gasteiger partial charge is 0.416 e. The van der Waals surface area contributed by atoms with Gasteiger partial charge in [-0.1, -0.05) is 12.1 Å². The number of benzene rings is 1. The summed E-state index contributed by atoms with van der Waals surface area (Å²) in [4.78, 5) is 4.10. The average molecular weight is 368 g/mol. The lowest BCUT2D eigenvalue weighted by atomic mass is 10.1. The molecule has 2 rings (SSSR count). The second-order valence-electron chi connectivity index (χ2n) is 4.87. The lowest BCUT2D eigenvalue weighted by molar-refractivity contribution is -0.137. The van der Waals surface area contributed by atoms with Crippen LogP contribution < -0.4 is 0 Å². The molecule has 0 aliphatic carbocycles. The van der Waals surface area contributed by atoms with Crippen molar-refractivity contribution in [3.63, 3.8) is 0 Å². The van der Waals surface area contributed by atoms with Crippen molar-refractivity contribution in [2.75, 3.05) is 12.9 Å². The van der Waals surface area contributed by atoms with Gasteiger partial charge >= 0.3 is 6.18 Å². The Balaban J connectivity index is 2.42. The van der Waals surface area contributed by atoms with Crippen LogP contribution in [0.1, 0.15) is 23.6 Å². The van der Waals surface area contributed by atoms with Crippen molar-refractivity contribution in [1.29, 1.82) is 5.26 Å². The number of ether oxygens (including phenoxy) is 1. The van der Waals surface area contributed by atoms with E-state index >= 15 is 0 Å². The number of thioether (sulfide) groups is 1. The van der Waals surface area contributed by atoms with Crippen LogP contribution >= 0.6 is 11.8 Å². The highest BCUT2D eigenvalue weighted by Crippen LogP contribution is 2.31. The molecule has 0 fully saturated rings. The SMILES string of the molecule is CCO/C=N/c1c(C#N)c(SC)nn1Cc1cccc(C(F)(F)F)c1. The van der Waals surface area contributed by atoms with E-state index in [1.54, 1.807) is 19.2 Å². The third kappa shape index (κ3) is 4.54. The number of nitrogens with zero attached hydrogens (tertiary/aromatic N) is 4. The van der Waals surface area contributed by atoms with Crippen LogP contribution in [0, 0.1) is 11.3 Å². The molecule has 0 saturated carbocycles. The minimum Gasteiger partial charge on any atom is -0.483 e. The minimum absolute atomic E-state index is 0.0535. The molecule has 0 spiro atoms. The Bertz CT molecular complexity index is 809. The van der Waals surface area contributed by atoms with Gasteiger partial charge in [-0.25, -0.2) is 4.68 Å². The fraction of sp³-hybridized carbons (Fsp3) is 0.312. The first-order chi connectivity index (χ1) is 11.9. The standard InChI is InChI=1S/C16H15F3N4OS/c1-3-24-10-21-14-13(8-20)15(25-2)22-23(14)9-11-5-4-6-12(7-11)16(17,18)19/h4-7,10H,3,9H2,1-2H3/b21-10+. The zero-order chi connectivity index (χ0) is 18.4. The number of aliphatic imine (C=N–C) groups is 1. The van der Waals surface area contributed by atoms with Gasteiger partial charge in [-0.05, 0) is 30.9 Å². The Kier molecular flexibility index (Phi) is 6.09. The van der Waals surface area contributed by atoms with Gasteiger partial charge in [0, 0.05) is 0 Å². The molecule has 0 bridgehead atoms. The van der Waals surface area contributed by atoms with Crippen molar-refractivity contribution in [2.45, 2.75) is 24.7 Å². The first-order valence-electron chi connectivity index (χ1n) is 7.25. The van der Waals surface area contributed by atoms with E-state index < -0.39 is 11.7 Å². The van der Waals surface area contributed by atoms with Crippen LogP contribution in [0.2, 0.25) is 0 Å². The molecule has 0 atom stereocenters. The molecule has 5 nitrogen and oxygen atoms in total. The normalized spacial score (nSPS) is 11.7. The quantitative estimate of drug-likeness (QED) is 0.435. The Hall–Kier alpha value is -2.47. The summed E-state index contributed by atoms with van der Waals surface area (Å²) in [6.07, 6.45) is -1.46. The number of nitriles is 1. The van der Waals surface area contributed by atoms with Crippen LogP contribution in [0.4, 0.5) is 19.0 Å². The highest BCUT2D eigenvalue weighted by atomic mass is 32.2. The van der Waals surface area contributed by atoms with Crippen LogP contribution in [0.3, 0.4) is 0 Å². The Labute approximate surface area is 147 Å². The lowest BCUT2D eigenvalue weighted by Crippen LogP contribution is -2.07. The summed E-state index contributed by atoms with van der Waals surface area (Å²) in [5.41, 5.74) is -0.0696. The summed E-state index contributed by atoms with van der Waals surface area (Å²) in [7, 11) is 0. The van der Waals surface area contributed by atoms with Crippen molar-refractivity contribution < 1.29 is 17.9 Å². The van der Waals surface area contributed by atoms with E-state index in [1.165, 1.54) is 28.9 Å². The summed E-state index contributed by atoms with van der Waals surface area (Å²) in [5, 5.41) is 14.1. The van der Waals surface area contributed by atoms with Crippen molar-refractivity contribution >= 4 is 24.0 Å². The van der Waals surface area contributed by atoms with Crippen molar-refractivity contribution in [2.24, 2.45) is 4.99 Å². The molecule has 25 heavy (non-hydrogen) atoms. The van der Waals surface area contributed by atoms with Crippen LogP contribution in [-0.4, -0.2) is 29.0 Å². The molecule has 132 valence electrons. The van der Waals surface area contributed by atoms with Crippen molar-refractivity contribution in [3.05, 3.63) is 41.0 Å². The first-order valence-corrected chi connectivity index (χ1v) is 8.48. The van der Waals surface area contributed by atoms with Crippen LogP contribution in [0.5, 0.6) is 0 Å². The molecule has 9 heteroatoms. The second kappa shape index (κ2) is 8.07. The Morgan fingerprint density at radius 2 is 2.20 bits per heavy atom. The largest absolute Gasteiger partial charge is 0.483 e. The van der Waals surface area contributed by atoms with Gasteiger partial charge in [-0.15, -0.1) is 11.8 Å². The number of rotatable bonds is 6. The van der Waals surface area contributed by atoms with Gasteiger partial charge < -0.3 is 4.74 Å². The van der Waals surface area contributed by atoms with E-state index in [2.05, 4.69) is 10.1 Å². The van der Waals surface area contributed by atoms with E-state index in [1.807, 2.05) is 6.07 Å². The van der Waals surface area contributed by atoms with Crippen LogP contribution in [0.15, 0.2) is 34.3 Å². The van der Waals surface area contributed by atoms with Gasteiger partial charge in [0.2, 0.25) is 0 Å². The molecule has 1 aromatic carbocycles. The van der Waals surface area contributed by atoms with E-state index in [4.69, 9.17) is 4.74 Å². The number of aromatic nitrogens is 2. The van der Waals surface area contributed by atoms with Crippen LogP contribution in [0.25, 0.3) is 0 Å². The molecule has 0 aliphatic heterocycles. The molecule has 0 saturated heterocycles. The van der Waals surface area contributed by atoms with Gasteiger partial charge in [0.05, 0.1) is 18.7 Å². The molecule has 2 aromatic rings. The summed E-state index contributed by atoms with van der Waals surface area (Å²) < 4.78 is 45.0. The molecule has 1 heterocycles. The monoisotopic (exact) mass is 368 g/mol. The maximum absolute atomic E-state index is 12.9. The predicted octanol–water partition coefficient (Wildman–Crippen LogP) is 4.24. The average Bonchev–Trinajstić information content (AvgIpc) is 2.91. The highest BCUT2D eigenvalue weighted by molar-refractivity contribution is 7.98. The molecule has 1 aromatic heterocycles. The van der Waals surface area contributed by atoms with Gasteiger partial charge in [-0.3, -0.25) is 0 Å². The zero-order valence-corrected chi connectivity index (χ0v) is 14.4. The first kappa shape index (κ1) is 18.9. The molecule has 0 amide bonds. The molecule has 0 unspecified atom stereocenters.